The number of amides is 1. The zero-order valence-electron chi connectivity index (χ0n) is 10.7. The standard InChI is InChI=1S/C13H20N4O/c1-10-4-2-6-13(14,8-10)12(18)15-9-11-5-3-7-16-17-11/h3,5,7,10H,2,4,6,8-9,14H2,1H3,(H,15,18). The van der Waals surface area contributed by atoms with Gasteiger partial charge in [0, 0.05) is 6.20 Å². The summed E-state index contributed by atoms with van der Waals surface area (Å²) in [5.41, 5.74) is 6.25. The van der Waals surface area contributed by atoms with Crippen LogP contribution in [-0.4, -0.2) is 21.6 Å². The van der Waals surface area contributed by atoms with Crippen molar-refractivity contribution in [2.24, 2.45) is 11.7 Å². The van der Waals surface area contributed by atoms with E-state index in [0.29, 0.717) is 12.5 Å². The van der Waals surface area contributed by atoms with Gasteiger partial charge in [0.25, 0.3) is 0 Å². The number of aromatic nitrogens is 2. The zero-order chi connectivity index (χ0) is 13.0. The summed E-state index contributed by atoms with van der Waals surface area (Å²) in [6.07, 6.45) is 5.33. The molecule has 2 atom stereocenters. The number of nitrogens with two attached hydrogens (primary N) is 1. The number of hydrogen-bond donors (Lipinski definition) is 2. The molecule has 98 valence electrons. The molecule has 0 spiro atoms. The van der Waals surface area contributed by atoms with Crippen molar-refractivity contribution < 1.29 is 4.79 Å². The number of rotatable bonds is 3. The second-order valence-electron chi connectivity index (χ2n) is 5.26. The molecule has 1 aromatic heterocycles. The summed E-state index contributed by atoms with van der Waals surface area (Å²) < 4.78 is 0. The Morgan fingerprint density at radius 1 is 1.67 bits per heavy atom. The van der Waals surface area contributed by atoms with Crippen molar-refractivity contribution in [2.45, 2.75) is 44.7 Å². The van der Waals surface area contributed by atoms with Crippen LogP contribution in [0, 0.1) is 5.92 Å². The third-order valence-corrected chi connectivity index (χ3v) is 3.54. The van der Waals surface area contributed by atoms with Gasteiger partial charge in [-0.15, -0.1) is 0 Å². The molecule has 0 saturated heterocycles. The summed E-state index contributed by atoms with van der Waals surface area (Å²) in [6.45, 7) is 2.54. The lowest BCUT2D eigenvalue weighted by molar-refractivity contribution is -0.128. The molecular formula is C13H20N4O. The Labute approximate surface area is 107 Å². The lowest BCUT2D eigenvalue weighted by Crippen LogP contribution is -2.56. The third kappa shape index (κ3) is 3.04. The van der Waals surface area contributed by atoms with Crippen molar-refractivity contribution in [1.29, 1.82) is 0 Å². The quantitative estimate of drug-likeness (QED) is 0.836. The molecule has 1 amide bonds. The van der Waals surface area contributed by atoms with Crippen LogP contribution < -0.4 is 11.1 Å². The highest BCUT2D eigenvalue weighted by Gasteiger charge is 2.37. The molecule has 1 aliphatic carbocycles. The van der Waals surface area contributed by atoms with Gasteiger partial charge in [-0.25, -0.2) is 0 Å². The minimum absolute atomic E-state index is 0.0697. The van der Waals surface area contributed by atoms with Crippen molar-refractivity contribution in [3.05, 3.63) is 24.0 Å². The summed E-state index contributed by atoms with van der Waals surface area (Å²) in [6, 6.07) is 3.63. The number of carbonyl (C=O) groups is 1. The summed E-state index contributed by atoms with van der Waals surface area (Å²) in [7, 11) is 0. The topological polar surface area (TPSA) is 80.9 Å². The van der Waals surface area contributed by atoms with E-state index in [1.54, 1.807) is 12.3 Å². The highest BCUT2D eigenvalue weighted by atomic mass is 16.2. The van der Waals surface area contributed by atoms with Crippen molar-refractivity contribution in [3.8, 4) is 0 Å². The van der Waals surface area contributed by atoms with Gasteiger partial charge in [0.05, 0.1) is 17.8 Å². The lowest BCUT2D eigenvalue weighted by Gasteiger charge is -2.35. The fourth-order valence-electron chi connectivity index (χ4n) is 2.57. The van der Waals surface area contributed by atoms with Crippen molar-refractivity contribution in [3.63, 3.8) is 0 Å². The minimum atomic E-state index is -0.708. The molecule has 2 unspecified atom stereocenters. The van der Waals surface area contributed by atoms with Crippen molar-refractivity contribution in [2.75, 3.05) is 0 Å². The van der Waals surface area contributed by atoms with Gasteiger partial charge in [0.15, 0.2) is 0 Å². The molecule has 5 nitrogen and oxygen atoms in total. The van der Waals surface area contributed by atoms with Gasteiger partial charge in [-0.1, -0.05) is 19.8 Å². The Morgan fingerprint density at radius 3 is 3.17 bits per heavy atom. The molecule has 0 bridgehead atoms. The number of hydrogen-bond acceptors (Lipinski definition) is 4. The highest BCUT2D eigenvalue weighted by Crippen LogP contribution is 2.30. The van der Waals surface area contributed by atoms with Crippen molar-refractivity contribution >= 4 is 5.91 Å². The van der Waals surface area contributed by atoms with E-state index in [1.807, 2.05) is 6.07 Å². The van der Waals surface area contributed by atoms with Crippen LogP contribution in [0.3, 0.4) is 0 Å². The molecule has 5 heteroatoms. The van der Waals surface area contributed by atoms with E-state index in [4.69, 9.17) is 5.73 Å². The second kappa shape index (κ2) is 5.44. The Morgan fingerprint density at radius 2 is 2.50 bits per heavy atom. The van der Waals surface area contributed by atoms with Crippen molar-refractivity contribution in [1.82, 2.24) is 15.5 Å². The SMILES string of the molecule is CC1CCCC(N)(C(=O)NCc2cccnn2)C1. The van der Waals surface area contributed by atoms with E-state index in [9.17, 15) is 4.79 Å². The summed E-state index contributed by atoms with van der Waals surface area (Å²) in [5.74, 6) is 0.450. The van der Waals surface area contributed by atoms with Gasteiger partial charge in [0.1, 0.15) is 0 Å². The minimum Gasteiger partial charge on any atom is -0.349 e. The second-order valence-corrected chi connectivity index (χ2v) is 5.26. The van der Waals surface area contributed by atoms with E-state index in [0.717, 1.165) is 31.4 Å². The summed E-state index contributed by atoms with van der Waals surface area (Å²) in [5, 5.41) is 10.6. The number of nitrogens with zero attached hydrogens (tertiary/aromatic N) is 2. The van der Waals surface area contributed by atoms with Crippen LogP contribution in [0.1, 0.15) is 38.3 Å². The van der Waals surface area contributed by atoms with Gasteiger partial charge >= 0.3 is 0 Å². The van der Waals surface area contributed by atoms with Gasteiger partial charge in [0.2, 0.25) is 5.91 Å². The average Bonchev–Trinajstić information content (AvgIpc) is 2.37. The van der Waals surface area contributed by atoms with Crippen LogP contribution in [0.2, 0.25) is 0 Å². The summed E-state index contributed by atoms with van der Waals surface area (Å²) >= 11 is 0. The van der Waals surface area contributed by atoms with E-state index >= 15 is 0 Å². The van der Waals surface area contributed by atoms with Crippen LogP contribution in [-0.2, 0) is 11.3 Å². The first-order chi connectivity index (χ1) is 8.60. The normalized spacial score (nSPS) is 27.8. The molecule has 0 aliphatic heterocycles. The first-order valence-electron chi connectivity index (χ1n) is 6.44. The first kappa shape index (κ1) is 13.0. The molecule has 1 heterocycles. The molecule has 1 aromatic rings. The van der Waals surface area contributed by atoms with Crippen LogP contribution in [0.25, 0.3) is 0 Å². The number of nitrogens with one attached hydrogen (secondary N) is 1. The largest absolute Gasteiger partial charge is 0.349 e. The molecule has 3 N–H and O–H groups in total. The predicted molar refractivity (Wildman–Crippen MR) is 68.4 cm³/mol. The maximum absolute atomic E-state index is 12.2. The smallest absolute Gasteiger partial charge is 0.240 e. The van der Waals surface area contributed by atoms with Gasteiger partial charge in [-0.05, 0) is 30.9 Å². The van der Waals surface area contributed by atoms with Gasteiger partial charge < -0.3 is 11.1 Å². The lowest BCUT2D eigenvalue weighted by atomic mass is 9.76. The van der Waals surface area contributed by atoms with Crippen LogP contribution in [0.5, 0.6) is 0 Å². The Kier molecular flexibility index (Phi) is 3.91. The van der Waals surface area contributed by atoms with Crippen LogP contribution in [0.4, 0.5) is 0 Å². The number of carbonyl (C=O) groups excluding carboxylic acids is 1. The van der Waals surface area contributed by atoms with E-state index in [2.05, 4.69) is 22.4 Å². The fourth-order valence-corrected chi connectivity index (χ4v) is 2.57. The van der Waals surface area contributed by atoms with Crippen LogP contribution in [0.15, 0.2) is 18.3 Å². The van der Waals surface area contributed by atoms with Crippen LogP contribution >= 0.6 is 0 Å². The zero-order valence-corrected chi connectivity index (χ0v) is 10.7. The summed E-state index contributed by atoms with van der Waals surface area (Å²) in [4.78, 5) is 12.2. The molecule has 0 radical (unpaired) electrons. The molecule has 2 rings (SSSR count). The molecule has 1 saturated carbocycles. The molecule has 0 aromatic carbocycles. The monoisotopic (exact) mass is 248 g/mol. The maximum Gasteiger partial charge on any atom is 0.240 e. The maximum atomic E-state index is 12.2. The predicted octanol–water partition coefficient (Wildman–Crippen LogP) is 1.00. The molecule has 1 aliphatic rings. The van der Waals surface area contributed by atoms with E-state index in [1.165, 1.54) is 0 Å². The van der Waals surface area contributed by atoms with E-state index in [-0.39, 0.29) is 5.91 Å². The first-order valence-corrected chi connectivity index (χ1v) is 6.44. The highest BCUT2D eigenvalue weighted by molar-refractivity contribution is 5.86. The third-order valence-electron chi connectivity index (χ3n) is 3.54. The Bertz CT molecular complexity index is 409. The molecule has 1 fully saturated rings. The molecule has 18 heavy (non-hydrogen) atoms. The van der Waals surface area contributed by atoms with E-state index < -0.39 is 5.54 Å². The fraction of sp³-hybridized carbons (Fsp3) is 0.615. The molecular weight excluding hydrogens is 228 g/mol. The van der Waals surface area contributed by atoms with Gasteiger partial charge in [-0.3, -0.25) is 4.79 Å². The Hall–Kier alpha value is -1.49. The Balaban J connectivity index is 1.91. The average molecular weight is 248 g/mol. The van der Waals surface area contributed by atoms with Gasteiger partial charge in [-0.2, -0.15) is 10.2 Å².